The predicted molar refractivity (Wildman–Crippen MR) is 294 cm³/mol. The summed E-state index contributed by atoms with van der Waals surface area (Å²) < 4.78 is 77.7. The van der Waals surface area contributed by atoms with Crippen LogP contribution in [-0.2, 0) is 80.7 Å². The quantitative estimate of drug-likeness (QED) is 0.0492. The van der Waals surface area contributed by atoms with Gasteiger partial charge in [0, 0.05) is 24.2 Å². The second-order valence-corrected chi connectivity index (χ2v) is 28.5. The van der Waals surface area contributed by atoms with Crippen molar-refractivity contribution in [3.8, 4) is 0 Å². The van der Waals surface area contributed by atoms with E-state index in [9.17, 15) is 14.4 Å². The lowest BCUT2D eigenvalue weighted by Gasteiger charge is -2.43. The molecule has 10 heterocycles. The van der Waals surface area contributed by atoms with Crippen molar-refractivity contribution in [2.45, 2.75) is 290 Å². The first-order chi connectivity index (χ1) is 40.1. The lowest BCUT2D eigenvalue weighted by Crippen LogP contribution is -2.47. The summed E-state index contributed by atoms with van der Waals surface area (Å²) in [6, 6.07) is 0. The van der Waals surface area contributed by atoms with E-state index in [1.165, 1.54) is 64.2 Å². The summed E-state index contributed by atoms with van der Waals surface area (Å²) in [4.78, 5) is 35.6. The average Bonchev–Trinajstić information content (AvgIpc) is 4.37. The Morgan fingerprint density at radius 3 is 1.32 bits per heavy atom. The number of unbranched alkanes of at least 4 members (excludes halogenated alkanes) is 1. The Hall–Kier alpha value is -2.29. The monoisotopic (exact) mass is 1150 g/mol. The van der Waals surface area contributed by atoms with Gasteiger partial charge in [-0.05, 0) is 197 Å². The standard InChI is InChI=1S/C20H30O6.C15H22O4.C14H20O4.C8H12O2.C8H12O/c21-19(23-11-13-5-7-15-17(9-13)25-15)3-1-2-4-20(22)24-12-14-6-8-16-18(10-14)26-16;1-2-10-12(18-10)5-9(1)14-16-7-15(8-17-14)4-3-11-13(6-15)19-11;15-14(9-2-4-11-13(6-9)18-11)16-7-8-1-3-10-12(5-8)17-10;1-2-6-7(10-6)3-5(1)8-4-9-8;1-2-6-3-4-7-8(5-6)9-7/h13-18H,1-12H2;9-14H,1-8H2;8-13H,1-7H2;5-8H,1-4H2;2,6-8H,1,3-5H2. The van der Waals surface area contributed by atoms with Crippen molar-refractivity contribution in [1.82, 2.24) is 0 Å². The Kier molecular flexibility index (Phi) is 17.8. The molecule has 1 spiro atoms. The number of carbonyl (C=O) groups is 3. The van der Waals surface area contributed by atoms with Gasteiger partial charge in [-0.1, -0.05) is 6.08 Å². The summed E-state index contributed by atoms with van der Waals surface area (Å²) in [7, 11) is 0. The molecule has 8 aliphatic carbocycles. The van der Waals surface area contributed by atoms with Crippen molar-refractivity contribution in [2.24, 2.45) is 46.8 Å². The molecule has 18 fully saturated rings. The summed E-state index contributed by atoms with van der Waals surface area (Å²) in [5.74, 6) is 3.34. The van der Waals surface area contributed by atoms with Crippen LogP contribution in [-0.4, -0.2) is 168 Å². The molecule has 0 aromatic heterocycles. The molecule has 10 aliphatic heterocycles. The Balaban J connectivity index is 0.0000000959. The van der Waals surface area contributed by atoms with Gasteiger partial charge in [0.15, 0.2) is 6.29 Å². The number of carbonyl (C=O) groups excluding carboxylic acids is 3. The molecule has 0 amide bonds. The first-order valence-corrected chi connectivity index (χ1v) is 33.3. The molecule has 10 saturated heterocycles. The van der Waals surface area contributed by atoms with Crippen LogP contribution in [0.3, 0.4) is 0 Å². The van der Waals surface area contributed by atoms with Crippen molar-refractivity contribution in [1.29, 1.82) is 0 Å². The lowest BCUT2D eigenvalue weighted by atomic mass is 9.74. The van der Waals surface area contributed by atoms with Gasteiger partial charge in [-0.2, -0.15) is 0 Å². The van der Waals surface area contributed by atoms with Crippen LogP contribution >= 0.6 is 0 Å². The van der Waals surface area contributed by atoms with Crippen LogP contribution in [0.1, 0.15) is 180 Å². The van der Waals surface area contributed by atoms with Gasteiger partial charge in [0.05, 0.1) is 149 Å². The SMILES string of the molecule is C1CC2OC2CC1C1CO1.C1CC2OC2CC1C1OCC2(CCC3OC3C2)CO1.C=CC1CCC2OC2C1.O=C(CCCCC(=O)OCC1CCC2OC2C1)OCC1CCC2OC2C1.O=C(OCC1CCC2OC2C1)C1CCC2OC2C1. The van der Waals surface area contributed by atoms with E-state index in [0.717, 1.165) is 122 Å². The zero-order chi connectivity index (χ0) is 55.3. The molecule has 8 saturated carbocycles. The topological polar surface area (TPSA) is 210 Å². The molecule has 0 radical (unpaired) electrons. The van der Waals surface area contributed by atoms with Gasteiger partial charge in [-0.15, -0.1) is 6.58 Å². The molecule has 0 bridgehead atoms. The molecule has 24 unspecified atom stereocenters. The third-order valence-electron chi connectivity index (χ3n) is 22.2. The number of fused-ring (bicyclic) bond motifs is 8. The van der Waals surface area contributed by atoms with Crippen LogP contribution in [0, 0.1) is 46.8 Å². The lowest BCUT2D eigenvalue weighted by molar-refractivity contribution is -0.257. The van der Waals surface area contributed by atoms with Gasteiger partial charge >= 0.3 is 17.9 Å². The number of esters is 3. The number of rotatable bonds is 15. The highest BCUT2D eigenvalue weighted by Gasteiger charge is 2.55. The molecule has 0 aromatic rings. The fourth-order valence-corrected chi connectivity index (χ4v) is 16.1. The van der Waals surface area contributed by atoms with Gasteiger partial charge in [0.25, 0.3) is 0 Å². The fraction of sp³-hybridized carbons (Fsp3) is 0.923. The van der Waals surface area contributed by atoms with E-state index in [4.69, 9.17) is 66.3 Å². The third kappa shape index (κ3) is 15.7. The molecule has 24 atom stereocenters. The van der Waals surface area contributed by atoms with Crippen LogP contribution in [0.5, 0.6) is 0 Å². The van der Waals surface area contributed by atoms with Gasteiger partial charge in [0.1, 0.15) is 0 Å². The zero-order valence-electron chi connectivity index (χ0n) is 48.7. The molecule has 17 nitrogen and oxygen atoms in total. The van der Waals surface area contributed by atoms with Gasteiger partial charge < -0.3 is 66.3 Å². The molecule has 82 heavy (non-hydrogen) atoms. The Morgan fingerprint density at radius 1 is 0.415 bits per heavy atom. The van der Waals surface area contributed by atoms with E-state index in [1.807, 2.05) is 0 Å². The summed E-state index contributed by atoms with van der Waals surface area (Å²) >= 11 is 0. The maximum atomic E-state index is 12.0. The number of epoxide rings is 9. The number of ether oxygens (including phenoxy) is 14. The minimum atomic E-state index is -0.154. The van der Waals surface area contributed by atoms with Gasteiger partial charge in [-0.3, -0.25) is 14.4 Å². The highest BCUT2D eigenvalue weighted by atomic mass is 16.7. The van der Waals surface area contributed by atoms with E-state index in [2.05, 4.69) is 12.7 Å². The van der Waals surface area contributed by atoms with Crippen LogP contribution in [0.2, 0.25) is 0 Å². The summed E-state index contributed by atoms with van der Waals surface area (Å²) in [5, 5.41) is 0. The second-order valence-electron chi connectivity index (χ2n) is 28.5. The fourth-order valence-electron chi connectivity index (χ4n) is 16.1. The van der Waals surface area contributed by atoms with E-state index in [-0.39, 0.29) is 35.5 Å². The molecular formula is C65H96O17. The van der Waals surface area contributed by atoms with Crippen LogP contribution in [0.4, 0.5) is 0 Å². The second kappa shape index (κ2) is 25.4. The van der Waals surface area contributed by atoms with Crippen LogP contribution in [0.25, 0.3) is 0 Å². The highest BCUT2D eigenvalue weighted by Crippen LogP contribution is 2.51. The molecular weight excluding hydrogens is 1050 g/mol. The minimum absolute atomic E-state index is 0.00258. The van der Waals surface area contributed by atoms with E-state index >= 15 is 0 Å². The van der Waals surface area contributed by atoms with E-state index in [1.54, 1.807) is 0 Å². The smallest absolute Gasteiger partial charge is 0.309 e. The van der Waals surface area contributed by atoms with E-state index < -0.39 is 0 Å². The van der Waals surface area contributed by atoms with Crippen molar-refractivity contribution in [3.05, 3.63) is 12.7 Å². The first kappa shape index (κ1) is 57.5. The Labute approximate surface area is 485 Å². The number of hydrogen-bond donors (Lipinski definition) is 0. The van der Waals surface area contributed by atoms with Crippen molar-refractivity contribution in [3.63, 3.8) is 0 Å². The average molecular weight is 1150 g/mol. The molecule has 17 heteroatoms. The van der Waals surface area contributed by atoms with E-state index in [0.29, 0.717) is 173 Å². The summed E-state index contributed by atoms with van der Waals surface area (Å²) in [6.45, 7) is 8.16. The van der Waals surface area contributed by atoms with Gasteiger partial charge in [0.2, 0.25) is 0 Å². The highest BCUT2D eigenvalue weighted by molar-refractivity contribution is 5.73. The predicted octanol–water partition coefficient (Wildman–Crippen LogP) is 8.99. The van der Waals surface area contributed by atoms with Gasteiger partial charge in [-0.25, -0.2) is 0 Å². The van der Waals surface area contributed by atoms with Crippen molar-refractivity contribution < 1.29 is 80.7 Å². The minimum Gasteiger partial charge on any atom is -0.465 e. The van der Waals surface area contributed by atoms with Crippen molar-refractivity contribution >= 4 is 17.9 Å². The summed E-state index contributed by atoms with van der Waals surface area (Å²) in [5.41, 5.74) is 0.251. The Morgan fingerprint density at radius 2 is 0.841 bits per heavy atom. The molecule has 458 valence electrons. The zero-order valence-corrected chi connectivity index (χ0v) is 48.7. The maximum absolute atomic E-state index is 12.0. The molecule has 0 aromatic carbocycles. The third-order valence-corrected chi connectivity index (χ3v) is 22.2. The summed E-state index contributed by atoms with van der Waals surface area (Å²) in [6.07, 6.45) is 40.5. The largest absolute Gasteiger partial charge is 0.465 e. The molecule has 18 aliphatic rings. The normalized spacial score (nSPS) is 48.6. The van der Waals surface area contributed by atoms with Crippen LogP contribution < -0.4 is 0 Å². The number of hydrogen-bond acceptors (Lipinski definition) is 17. The molecule has 0 N–H and O–H groups in total. The maximum Gasteiger partial charge on any atom is 0.309 e. The first-order valence-electron chi connectivity index (χ1n) is 33.3. The van der Waals surface area contributed by atoms with Crippen LogP contribution in [0.15, 0.2) is 12.7 Å². The molecule has 18 rings (SSSR count). The Bertz CT molecular complexity index is 2160. The number of allylic oxidation sites excluding steroid dienone is 1. The van der Waals surface area contributed by atoms with Crippen molar-refractivity contribution in [2.75, 3.05) is 39.6 Å².